The molecule has 2 N–H and O–H groups in total. The summed E-state index contributed by atoms with van der Waals surface area (Å²) in [7, 11) is 0. The van der Waals surface area contributed by atoms with Crippen LogP contribution in [-0.4, -0.2) is 25.4 Å². The van der Waals surface area contributed by atoms with Crippen LogP contribution < -0.4 is 10.5 Å². The average molecular weight is 243 g/mol. The van der Waals surface area contributed by atoms with Crippen LogP contribution in [-0.2, 0) is 4.74 Å². The minimum Gasteiger partial charge on any atom is -0.486 e. The number of fused-ring (bicyclic) bond motifs is 1. The molecule has 18 heavy (non-hydrogen) atoms. The Labute approximate surface area is 106 Å². The number of hydrogen-bond acceptors (Lipinski definition) is 3. The van der Waals surface area contributed by atoms with Gasteiger partial charge in [0.15, 0.2) is 0 Å². The Hall–Kier alpha value is -1.58. The van der Waals surface area contributed by atoms with Crippen LogP contribution in [0.1, 0.15) is 6.42 Å². The molecule has 0 aliphatic carbocycles. The zero-order valence-electron chi connectivity index (χ0n) is 10.2. The highest BCUT2D eigenvalue weighted by Gasteiger charge is 2.24. The highest BCUT2D eigenvalue weighted by Crippen LogP contribution is 2.22. The molecule has 0 bridgehead atoms. The fourth-order valence-corrected chi connectivity index (χ4v) is 2.27. The summed E-state index contributed by atoms with van der Waals surface area (Å²) in [6.45, 7) is 1.31. The van der Waals surface area contributed by atoms with Crippen molar-refractivity contribution in [1.82, 2.24) is 0 Å². The van der Waals surface area contributed by atoms with Crippen molar-refractivity contribution in [3.05, 3.63) is 42.5 Å². The predicted octanol–water partition coefficient (Wildman–Crippen LogP) is 2.33. The molecule has 1 heterocycles. The number of benzene rings is 2. The summed E-state index contributed by atoms with van der Waals surface area (Å²) < 4.78 is 11.3. The first-order chi connectivity index (χ1) is 8.83. The Morgan fingerprint density at radius 1 is 1.11 bits per heavy atom. The van der Waals surface area contributed by atoms with E-state index in [2.05, 4.69) is 24.3 Å². The third-order valence-electron chi connectivity index (χ3n) is 3.36. The summed E-state index contributed by atoms with van der Waals surface area (Å²) in [4.78, 5) is 0. The van der Waals surface area contributed by atoms with Crippen molar-refractivity contribution >= 4 is 10.8 Å². The van der Waals surface area contributed by atoms with E-state index in [-0.39, 0.29) is 12.1 Å². The molecule has 0 amide bonds. The molecule has 3 heteroatoms. The molecule has 94 valence electrons. The van der Waals surface area contributed by atoms with E-state index in [0.717, 1.165) is 18.8 Å². The normalized spacial score (nSPS) is 24.1. The monoisotopic (exact) mass is 243 g/mol. The lowest BCUT2D eigenvalue weighted by molar-refractivity contribution is -0.00525. The quantitative estimate of drug-likeness (QED) is 0.880. The van der Waals surface area contributed by atoms with Crippen molar-refractivity contribution in [3.8, 4) is 5.75 Å². The molecule has 1 aliphatic rings. The molecule has 2 unspecified atom stereocenters. The second kappa shape index (κ2) is 4.96. The maximum absolute atomic E-state index is 6.03. The highest BCUT2D eigenvalue weighted by molar-refractivity contribution is 5.83. The largest absolute Gasteiger partial charge is 0.486 e. The Kier molecular flexibility index (Phi) is 3.17. The SMILES string of the molecule is NC1CCOCC1Oc1ccc2ccccc2c1. The lowest BCUT2D eigenvalue weighted by Gasteiger charge is -2.29. The maximum Gasteiger partial charge on any atom is 0.137 e. The van der Waals surface area contributed by atoms with E-state index in [9.17, 15) is 0 Å². The molecule has 1 saturated heterocycles. The third kappa shape index (κ3) is 2.33. The summed E-state index contributed by atoms with van der Waals surface area (Å²) in [6, 6.07) is 14.4. The minimum absolute atomic E-state index is 0.0417. The molecule has 2 aromatic rings. The van der Waals surface area contributed by atoms with Crippen LogP contribution in [0.25, 0.3) is 10.8 Å². The molecule has 3 rings (SSSR count). The first kappa shape index (κ1) is 11.5. The lowest BCUT2D eigenvalue weighted by atomic mass is 10.1. The van der Waals surface area contributed by atoms with Crippen LogP contribution in [0.4, 0.5) is 0 Å². The topological polar surface area (TPSA) is 44.5 Å². The molecule has 0 spiro atoms. The molecule has 0 radical (unpaired) electrons. The van der Waals surface area contributed by atoms with Crippen LogP contribution in [0.15, 0.2) is 42.5 Å². The van der Waals surface area contributed by atoms with Gasteiger partial charge in [0.25, 0.3) is 0 Å². The van der Waals surface area contributed by atoms with E-state index in [1.807, 2.05) is 18.2 Å². The lowest BCUT2D eigenvalue weighted by Crippen LogP contribution is -2.46. The standard InChI is InChI=1S/C15H17NO2/c16-14-7-8-17-10-15(14)18-13-6-5-11-3-1-2-4-12(11)9-13/h1-6,9,14-15H,7-8,10,16H2. The zero-order valence-corrected chi connectivity index (χ0v) is 10.2. The maximum atomic E-state index is 6.03. The third-order valence-corrected chi connectivity index (χ3v) is 3.36. The van der Waals surface area contributed by atoms with E-state index in [1.54, 1.807) is 0 Å². The van der Waals surface area contributed by atoms with Crippen LogP contribution >= 0.6 is 0 Å². The first-order valence-electron chi connectivity index (χ1n) is 6.32. The molecule has 0 saturated carbocycles. The van der Waals surface area contributed by atoms with Gasteiger partial charge in [-0.1, -0.05) is 30.3 Å². The number of rotatable bonds is 2. The summed E-state index contributed by atoms with van der Waals surface area (Å²) in [6.07, 6.45) is 0.818. The molecule has 2 atom stereocenters. The van der Waals surface area contributed by atoms with Crippen molar-refractivity contribution in [2.24, 2.45) is 5.73 Å². The summed E-state index contributed by atoms with van der Waals surface area (Å²) in [5, 5.41) is 2.40. The molecule has 3 nitrogen and oxygen atoms in total. The molecule has 1 fully saturated rings. The van der Waals surface area contributed by atoms with Crippen molar-refractivity contribution in [1.29, 1.82) is 0 Å². The van der Waals surface area contributed by atoms with Crippen molar-refractivity contribution in [2.45, 2.75) is 18.6 Å². The number of hydrogen-bond donors (Lipinski definition) is 1. The van der Waals surface area contributed by atoms with Crippen LogP contribution in [0, 0.1) is 0 Å². The summed E-state index contributed by atoms with van der Waals surface area (Å²) in [5.41, 5.74) is 6.03. The van der Waals surface area contributed by atoms with Crippen molar-refractivity contribution in [2.75, 3.05) is 13.2 Å². The van der Waals surface area contributed by atoms with Gasteiger partial charge in [-0.05, 0) is 29.3 Å². The minimum atomic E-state index is -0.0417. The van der Waals surface area contributed by atoms with E-state index < -0.39 is 0 Å². The smallest absolute Gasteiger partial charge is 0.137 e. The van der Waals surface area contributed by atoms with Gasteiger partial charge in [0.1, 0.15) is 11.9 Å². The van der Waals surface area contributed by atoms with Gasteiger partial charge in [0.2, 0.25) is 0 Å². The number of ether oxygens (including phenoxy) is 2. The van der Waals surface area contributed by atoms with Gasteiger partial charge in [0.05, 0.1) is 6.61 Å². The van der Waals surface area contributed by atoms with E-state index in [4.69, 9.17) is 15.2 Å². The fourth-order valence-electron chi connectivity index (χ4n) is 2.27. The number of nitrogens with two attached hydrogens (primary N) is 1. The van der Waals surface area contributed by atoms with Gasteiger partial charge in [-0.2, -0.15) is 0 Å². The van der Waals surface area contributed by atoms with Crippen molar-refractivity contribution < 1.29 is 9.47 Å². The van der Waals surface area contributed by atoms with E-state index in [1.165, 1.54) is 10.8 Å². The van der Waals surface area contributed by atoms with Crippen LogP contribution in [0.5, 0.6) is 5.75 Å². The molecule has 2 aromatic carbocycles. The Bertz CT molecular complexity index is 541. The molecular formula is C15H17NO2. The van der Waals surface area contributed by atoms with Crippen LogP contribution in [0.2, 0.25) is 0 Å². The Balaban J connectivity index is 1.81. The first-order valence-corrected chi connectivity index (χ1v) is 6.32. The van der Waals surface area contributed by atoms with Gasteiger partial charge in [-0.25, -0.2) is 0 Å². The van der Waals surface area contributed by atoms with Gasteiger partial charge < -0.3 is 15.2 Å². The van der Waals surface area contributed by atoms with Crippen molar-refractivity contribution in [3.63, 3.8) is 0 Å². The van der Waals surface area contributed by atoms with Gasteiger partial charge in [0, 0.05) is 12.6 Å². The Morgan fingerprint density at radius 3 is 2.78 bits per heavy atom. The molecular weight excluding hydrogens is 226 g/mol. The summed E-state index contributed by atoms with van der Waals surface area (Å²) in [5.74, 6) is 0.861. The van der Waals surface area contributed by atoms with Gasteiger partial charge >= 0.3 is 0 Å². The second-order valence-electron chi connectivity index (χ2n) is 4.69. The molecule has 0 aromatic heterocycles. The average Bonchev–Trinajstić information content (AvgIpc) is 2.41. The van der Waals surface area contributed by atoms with Crippen LogP contribution in [0.3, 0.4) is 0 Å². The Morgan fingerprint density at radius 2 is 1.94 bits per heavy atom. The summed E-state index contributed by atoms with van der Waals surface area (Å²) >= 11 is 0. The highest BCUT2D eigenvalue weighted by atomic mass is 16.5. The zero-order chi connectivity index (χ0) is 12.4. The molecule has 1 aliphatic heterocycles. The van der Waals surface area contributed by atoms with Gasteiger partial charge in [-0.15, -0.1) is 0 Å². The van der Waals surface area contributed by atoms with Gasteiger partial charge in [-0.3, -0.25) is 0 Å². The fraction of sp³-hybridized carbons (Fsp3) is 0.333. The predicted molar refractivity (Wildman–Crippen MR) is 71.8 cm³/mol. The van der Waals surface area contributed by atoms with E-state index >= 15 is 0 Å². The second-order valence-corrected chi connectivity index (χ2v) is 4.69. The van der Waals surface area contributed by atoms with E-state index in [0.29, 0.717) is 6.61 Å².